The first-order valence-corrected chi connectivity index (χ1v) is 11.7. The maximum absolute atomic E-state index is 13.1. The number of rotatable bonds is 7. The second kappa shape index (κ2) is 10.3. The molecule has 0 aliphatic carbocycles. The van der Waals surface area contributed by atoms with Gasteiger partial charge in [0.25, 0.3) is 11.6 Å². The number of carbonyl (C=O) groups excluding carboxylic acids is 1. The summed E-state index contributed by atoms with van der Waals surface area (Å²) in [5.41, 5.74) is 1.60. The molecule has 2 aromatic rings. The van der Waals surface area contributed by atoms with E-state index in [-0.39, 0.29) is 30.3 Å². The van der Waals surface area contributed by atoms with Gasteiger partial charge in [-0.1, -0.05) is 15.9 Å². The quantitative estimate of drug-likeness (QED) is 0.254. The number of hydrogen-bond donors (Lipinski definition) is 0. The predicted octanol–water partition coefficient (Wildman–Crippen LogP) is 6.03. The Labute approximate surface area is 199 Å². The van der Waals surface area contributed by atoms with Crippen LogP contribution >= 0.6 is 27.7 Å². The average molecular weight is 518 g/mol. The van der Waals surface area contributed by atoms with Crippen LogP contribution in [0.1, 0.15) is 38.8 Å². The SMILES string of the molecule is CC(C)N=C1S/C(=C/c2cc(Br)ccc2OCc2ccc([N+](=O)[O-])cc2)C(=O)N1C(C)C. The summed E-state index contributed by atoms with van der Waals surface area (Å²) in [5, 5.41) is 11.5. The molecule has 0 aromatic heterocycles. The van der Waals surface area contributed by atoms with Crippen LogP contribution in [0.25, 0.3) is 6.08 Å². The number of amidine groups is 1. The van der Waals surface area contributed by atoms with Crippen LogP contribution in [-0.4, -0.2) is 33.0 Å². The molecule has 1 heterocycles. The van der Waals surface area contributed by atoms with Crippen LogP contribution in [0.2, 0.25) is 0 Å². The summed E-state index contributed by atoms with van der Waals surface area (Å²) in [4.78, 5) is 30.4. The van der Waals surface area contributed by atoms with Crippen LogP contribution in [0.15, 0.2) is 56.8 Å². The van der Waals surface area contributed by atoms with Crippen molar-refractivity contribution >= 4 is 50.5 Å². The van der Waals surface area contributed by atoms with Crippen molar-refractivity contribution in [2.75, 3.05) is 0 Å². The number of benzene rings is 2. The van der Waals surface area contributed by atoms with Gasteiger partial charge in [0.2, 0.25) is 0 Å². The van der Waals surface area contributed by atoms with E-state index in [4.69, 9.17) is 4.74 Å². The van der Waals surface area contributed by atoms with Crippen molar-refractivity contribution in [3.63, 3.8) is 0 Å². The Morgan fingerprint density at radius 1 is 1.19 bits per heavy atom. The Bertz CT molecular complexity index is 1080. The number of halogens is 1. The molecule has 1 saturated heterocycles. The molecule has 0 radical (unpaired) electrons. The lowest BCUT2D eigenvalue weighted by Crippen LogP contribution is -2.35. The molecule has 1 fully saturated rings. The van der Waals surface area contributed by atoms with Crippen LogP contribution in [0.3, 0.4) is 0 Å². The lowest BCUT2D eigenvalue weighted by molar-refractivity contribution is -0.384. The summed E-state index contributed by atoms with van der Waals surface area (Å²) in [6.45, 7) is 8.15. The fraction of sp³-hybridized carbons (Fsp3) is 0.304. The third-order valence-electron chi connectivity index (χ3n) is 4.52. The second-order valence-corrected chi connectivity index (χ2v) is 9.70. The normalized spacial score (nSPS) is 16.6. The zero-order valence-electron chi connectivity index (χ0n) is 18.2. The van der Waals surface area contributed by atoms with Crippen LogP contribution in [0.5, 0.6) is 5.75 Å². The van der Waals surface area contributed by atoms with Gasteiger partial charge in [0, 0.05) is 34.3 Å². The monoisotopic (exact) mass is 517 g/mol. The first-order valence-electron chi connectivity index (χ1n) is 10.1. The highest BCUT2D eigenvalue weighted by Crippen LogP contribution is 2.36. The molecule has 3 rings (SSSR count). The molecule has 7 nitrogen and oxygen atoms in total. The van der Waals surface area contributed by atoms with Gasteiger partial charge in [-0.3, -0.25) is 24.8 Å². The van der Waals surface area contributed by atoms with Crippen molar-refractivity contribution < 1.29 is 14.5 Å². The van der Waals surface area contributed by atoms with E-state index in [1.807, 2.05) is 52.0 Å². The topological polar surface area (TPSA) is 85.0 Å². The summed E-state index contributed by atoms with van der Waals surface area (Å²) >= 11 is 4.85. The highest BCUT2D eigenvalue weighted by atomic mass is 79.9. The number of hydrogen-bond acceptors (Lipinski definition) is 6. The molecule has 0 N–H and O–H groups in total. The van der Waals surface area contributed by atoms with Crippen molar-refractivity contribution in [2.45, 2.75) is 46.4 Å². The number of non-ortho nitro benzene ring substituents is 1. The molecule has 1 aliphatic rings. The number of aliphatic imine (C=N–C) groups is 1. The predicted molar refractivity (Wildman–Crippen MR) is 132 cm³/mol. The first-order chi connectivity index (χ1) is 15.2. The van der Waals surface area contributed by atoms with E-state index in [1.54, 1.807) is 17.0 Å². The van der Waals surface area contributed by atoms with E-state index in [2.05, 4.69) is 20.9 Å². The fourth-order valence-corrected chi connectivity index (χ4v) is 4.64. The Kier molecular flexibility index (Phi) is 7.73. The van der Waals surface area contributed by atoms with Gasteiger partial charge >= 0.3 is 0 Å². The van der Waals surface area contributed by atoms with E-state index in [1.165, 1.54) is 23.9 Å². The molecule has 2 aromatic carbocycles. The summed E-state index contributed by atoms with van der Waals surface area (Å²) in [6.07, 6.45) is 1.82. The minimum Gasteiger partial charge on any atom is -0.488 e. The number of ether oxygens (including phenoxy) is 1. The van der Waals surface area contributed by atoms with E-state index in [0.29, 0.717) is 15.8 Å². The summed E-state index contributed by atoms with van der Waals surface area (Å²) in [5.74, 6) is 0.531. The molecular weight excluding hydrogens is 494 g/mol. The lowest BCUT2D eigenvalue weighted by Gasteiger charge is -2.20. The summed E-state index contributed by atoms with van der Waals surface area (Å²) < 4.78 is 6.85. The molecule has 32 heavy (non-hydrogen) atoms. The Morgan fingerprint density at radius 3 is 2.47 bits per heavy atom. The molecule has 9 heteroatoms. The number of amides is 1. The van der Waals surface area contributed by atoms with Crippen LogP contribution in [0, 0.1) is 10.1 Å². The van der Waals surface area contributed by atoms with E-state index in [0.717, 1.165) is 15.6 Å². The van der Waals surface area contributed by atoms with E-state index < -0.39 is 4.92 Å². The first kappa shape index (κ1) is 24.0. The highest BCUT2D eigenvalue weighted by Gasteiger charge is 2.35. The molecule has 0 unspecified atom stereocenters. The number of nitro benzene ring substituents is 1. The van der Waals surface area contributed by atoms with Gasteiger partial charge in [-0.2, -0.15) is 0 Å². The standard InChI is InChI=1S/C23H24BrN3O4S/c1-14(2)25-23-26(15(3)4)22(28)21(32-23)12-17-11-18(24)7-10-20(17)31-13-16-5-8-19(9-6-16)27(29)30/h5-12,14-15H,13H2,1-4H3/b21-12+,25-23?. The van der Waals surface area contributed by atoms with Crippen molar-refractivity contribution in [1.29, 1.82) is 0 Å². The zero-order valence-corrected chi connectivity index (χ0v) is 20.6. The van der Waals surface area contributed by atoms with Crippen molar-refractivity contribution in [3.8, 4) is 5.75 Å². The largest absolute Gasteiger partial charge is 0.488 e. The number of thioether (sulfide) groups is 1. The Hall–Kier alpha value is -2.65. The van der Waals surface area contributed by atoms with Crippen molar-refractivity contribution in [3.05, 3.63) is 73.1 Å². The van der Waals surface area contributed by atoms with Gasteiger partial charge in [0.05, 0.1) is 9.83 Å². The maximum Gasteiger partial charge on any atom is 0.269 e. The van der Waals surface area contributed by atoms with Crippen LogP contribution in [-0.2, 0) is 11.4 Å². The second-order valence-electron chi connectivity index (χ2n) is 7.78. The molecule has 168 valence electrons. The van der Waals surface area contributed by atoms with Crippen LogP contribution < -0.4 is 4.74 Å². The lowest BCUT2D eigenvalue weighted by atomic mass is 10.1. The van der Waals surface area contributed by atoms with E-state index >= 15 is 0 Å². The number of nitrogens with zero attached hydrogens (tertiary/aromatic N) is 3. The number of carbonyl (C=O) groups is 1. The van der Waals surface area contributed by atoms with Gasteiger partial charge in [-0.25, -0.2) is 0 Å². The zero-order chi connectivity index (χ0) is 23.4. The minimum absolute atomic E-state index is 0.00114. The van der Waals surface area contributed by atoms with Crippen LogP contribution in [0.4, 0.5) is 5.69 Å². The van der Waals surface area contributed by atoms with Gasteiger partial charge in [-0.15, -0.1) is 0 Å². The summed E-state index contributed by atoms with van der Waals surface area (Å²) in [6, 6.07) is 11.9. The maximum atomic E-state index is 13.1. The fourth-order valence-electron chi connectivity index (χ4n) is 3.03. The number of nitro groups is 1. The Balaban J connectivity index is 1.87. The molecule has 0 saturated carbocycles. The third kappa shape index (κ3) is 5.77. The van der Waals surface area contributed by atoms with Gasteiger partial charge in [0.15, 0.2) is 5.17 Å². The van der Waals surface area contributed by atoms with Crippen molar-refractivity contribution in [1.82, 2.24) is 4.90 Å². The van der Waals surface area contributed by atoms with E-state index in [9.17, 15) is 14.9 Å². The highest BCUT2D eigenvalue weighted by molar-refractivity contribution is 9.10. The molecule has 0 atom stereocenters. The smallest absolute Gasteiger partial charge is 0.269 e. The van der Waals surface area contributed by atoms with Gasteiger partial charge < -0.3 is 4.74 Å². The van der Waals surface area contributed by atoms with Gasteiger partial charge in [0.1, 0.15) is 12.4 Å². The average Bonchev–Trinajstić information content (AvgIpc) is 3.01. The minimum atomic E-state index is -0.433. The molecule has 0 spiro atoms. The van der Waals surface area contributed by atoms with Crippen molar-refractivity contribution in [2.24, 2.45) is 4.99 Å². The van der Waals surface area contributed by atoms with Gasteiger partial charge in [-0.05, 0) is 81.4 Å². The molecule has 0 bridgehead atoms. The Morgan fingerprint density at radius 2 is 1.88 bits per heavy atom. The molecule has 1 amide bonds. The third-order valence-corrected chi connectivity index (χ3v) is 6.01. The molecular formula is C23H24BrN3O4S. The summed E-state index contributed by atoms with van der Waals surface area (Å²) in [7, 11) is 0. The molecule has 1 aliphatic heterocycles.